The number of anilines is 1. The molecule has 1 saturated heterocycles. The van der Waals surface area contributed by atoms with Crippen LogP contribution in [0.15, 0.2) is 34.8 Å². The van der Waals surface area contributed by atoms with Crippen LogP contribution < -0.4 is 10.6 Å². The summed E-state index contributed by atoms with van der Waals surface area (Å²) in [4.78, 5) is 2.22. The number of hydrogen-bond donors (Lipinski definition) is 2. The van der Waals surface area contributed by atoms with Crippen LogP contribution in [-0.2, 0) is 0 Å². The molecule has 0 amide bonds. The van der Waals surface area contributed by atoms with Gasteiger partial charge in [0.05, 0.1) is 5.69 Å². The first-order chi connectivity index (χ1) is 8.74. The molecule has 3 rings (SSSR count). The van der Waals surface area contributed by atoms with Gasteiger partial charge in [-0.15, -0.1) is 0 Å². The lowest BCUT2D eigenvalue weighted by Gasteiger charge is -2.13. The number of nitrogens with two attached hydrogens (primary N) is 1. The molecule has 0 bridgehead atoms. The van der Waals surface area contributed by atoms with E-state index >= 15 is 0 Å². The molecule has 0 radical (unpaired) electrons. The van der Waals surface area contributed by atoms with Gasteiger partial charge < -0.3 is 10.6 Å². The summed E-state index contributed by atoms with van der Waals surface area (Å²) in [5.74, 6) is 0.980. The maximum absolute atomic E-state index is 5.92. The van der Waals surface area contributed by atoms with Gasteiger partial charge in [-0.05, 0) is 12.5 Å². The quantitative estimate of drug-likeness (QED) is 0.895. The van der Waals surface area contributed by atoms with E-state index in [0.29, 0.717) is 0 Å². The highest BCUT2D eigenvalue weighted by Crippen LogP contribution is 2.29. The molecular weight excluding hydrogens is 292 g/mol. The van der Waals surface area contributed by atoms with Gasteiger partial charge in [-0.3, -0.25) is 5.10 Å². The molecule has 4 nitrogen and oxygen atoms in total. The number of aromatic nitrogens is 2. The normalized spacial score (nSPS) is 19.4. The van der Waals surface area contributed by atoms with Crippen LogP contribution in [-0.4, -0.2) is 29.3 Å². The largest absolute Gasteiger partial charge is 0.354 e. The van der Waals surface area contributed by atoms with Gasteiger partial charge in [0.25, 0.3) is 0 Å². The molecule has 5 heteroatoms. The summed E-state index contributed by atoms with van der Waals surface area (Å²) in [6.45, 7) is 1.88. The van der Waals surface area contributed by atoms with Crippen molar-refractivity contribution in [2.75, 3.05) is 18.0 Å². The fraction of sp³-hybridized carbons (Fsp3) is 0.308. The number of benzene rings is 1. The van der Waals surface area contributed by atoms with Crippen molar-refractivity contribution in [1.82, 2.24) is 10.2 Å². The van der Waals surface area contributed by atoms with Crippen molar-refractivity contribution in [3.05, 3.63) is 34.8 Å². The summed E-state index contributed by atoms with van der Waals surface area (Å²) in [5, 5.41) is 7.47. The van der Waals surface area contributed by atoms with Crippen LogP contribution in [0.2, 0.25) is 0 Å². The molecule has 1 aliphatic rings. The number of nitrogens with zero attached hydrogens (tertiary/aromatic N) is 2. The number of aromatic amines is 1. The van der Waals surface area contributed by atoms with Crippen molar-refractivity contribution in [2.24, 2.45) is 5.73 Å². The van der Waals surface area contributed by atoms with Crippen molar-refractivity contribution in [2.45, 2.75) is 12.5 Å². The molecule has 2 aromatic rings. The summed E-state index contributed by atoms with van der Waals surface area (Å²) in [6.07, 6.45) is 1.04. The third-order valence-corrected chi connectivity index (χ3v) is 3.97. The van der Waals surface area contributed by atoms with Gasteiger partial charge >= 0.3 is 0 Å². The molecule has 0 aliphatic carbocycles. The van der Waals surface area contributed by atoms with Crippen LogP contribution in [0.5, 0.6) is 0 Å². The van der Waals surface area contributed by atoms with Crippen molar-refractivity contribution in [3.63, 3.8) is 0 Å². The molecule has 1 unspecified atom stereocenters. The Morgan fingerprint density at radius 2 is 2.22 bits per heavy atom. The average Bonchev–Trinajstić information content (AvgIpc) is 2.98. The molecule has 1 aromatic heterocycles. The van der Waals surface area contributed by atoms with Crippen LogP contribution in [0.1, 0.15) is 6.42 Å². The summed E-state index contributed by atoms with van der Waals surface area (Å²) in [7, 11) is 0. The highest BCUT2D eigenvalue weighted by molar-refractivity contribution is 9.10. The Kier molecular flexibility index (Phi) is 3.09. The fourth-order valence-electron chi connectivity index (χ4n) is 2.29. The fourth-order valence-corrected chi connectivity index (χ4v) is 2.78. The highest BCUT2D eigenvalue weighted by atomic mass is 79.9. The highest BCUT2D eigenvalue weighted by Gasteiger charge is 2.21. The van der Waals surface area contributed by atoms with E-state index in [1.54, 1.807) is 0 Å². The number of hydrogen-bond acceptors (Lipinski definition) is 3. The van der Waals surface area contributed by atoms with E-state index < -0.39 is 0 Å². The van der Waals surface area contributed by atoms with Gasteiger partial charge in [0, 0.05) is 35.2 Å². The Bertz CT molecular complexity index is 551. The second kappa shape index (κ2) is 4.74. The van der Waals surface area contributed by atoms with Crippen molar-refractivity contribution < 1.29 is 0 Å². The van der Waals surface area contributed by atoms with Gasteiger partial charge in [-0.1, -0.05) is 34.1 Å². The van der Waals surface area contributed by atoms with E-state index in [-0.39, 0.29) is 6.04 Å². The number of nitrogens with one attached hydrogen (secondary N) is 1. The summed E-state index contributed by atoms with van der Waals surface area (Å²) in [5.41, 5.74) is 8.07. The topological polar surface area (TPSA) is 57.9 Å². The smallest absolute Gasteiger partial charge is 0.151 e. The zero-order valence-corrected chi connectivity index (χ0v) is 11.5. The minimum Gasteiger partial charge on any atom is -0.354 e. The van der Waals surface area contributed by atoms with E-state index in [0.717, 1.165) is 41.1 Å². The molecule has 2 heterocycles. The average molecular weight is 307 g/mol. The zero-order chi connectivity index (χ0) is 12.5. The molecule has 1 fully saturated rings. The first kappa shape index (κ1) is 11.7. The molecule has 0 saturated carbocycles. The molecule has 0 spiro atoms. The van der Waals surface area contributed by atoms with Gasteiger partial charge in [-0.25, -0.2) is 0 Å². The van der Waals surface area contributed by atoms with Gasteiger partial charge in [0.1, 0.15) is 0 Å². The maximum atomic E-state index is 5.92. The Labute approximate surface area is 114 Å². The van der Waals surface area contributed by atoms with Crippen molar-refractivity contribution in [3.8, 4) is 11.3 Å². The Morgan fingerprint density at radius 1 is 1.39 bits per heavy atom. The standard InChI is InChI=1S/C13H15BrN4/c14-11-4-2-1-3-10(11)12-7-13(17-16-12)18-6-5-9(15)8-18/h1-4,7,9H,5-6,8,15H2,(H,16,17). The van der Waals surface area contributed by atoms with Crippen molar-refractivity contribution in [1.29, 1.82) is 0 Å². The monoisotopic (exact) mass is 306 g/mol. The predicted octanol–water partition coefficient (Wildman–Crippen LogP) is 2.38. The Hall–Kier alpha value is -1.33. The van der Waals surface area contributed by atoms with Crippen LogP contribution in [0.25, 0.3) is 11.3 Å². The van der Waals surface area contributed by atoms with Gasteiger partial charge in [0.2, 0.25) is 0 Å². The SMILES string of the molecule is NC1CCN(c2cc(-c3ccccc3Br)[nH]n2)C1. The minimum atomic E-state index is 0.272. The third-order valence-electron chi connectivity index (χ3n) is 3.28. The van der Waals surface area contributed by atoms with Crippen LogP contribution >= 0.6 is 15.9 Å². The summed E-state index contributed by atoms with van der Waals surface area (Å²) < 4.78 is 1.07. The number of H-pyrrole nitrogens is 1. The molecule has 1 aliphatic heterocycles. The lowest BCUT2D eigenvalue weighted by molar-refractivity contribution is 0.751. The number of rotatable bonds is 2. The molecule has 1 aromatic carbocycles. The molecule has 1 atom stereocenters. The molecule has 94 valence electrons. The van der Waals surface area contributed by atoms with Crippen LogP contribution in [0.4, 0.5) is 5.82 Å². The van der Waals surface area contributed by atoms with Gasteiger partial charge in [0.15, 0.2) is 5.82 Å². The maximum Gasteiger partial charge on any atom is 0.151 e. The van der Waals surface area contributed by atoms with E-state index in [1.165, 1.54) is 0 Å². The zero-order valence-electron chi connectivity index (χ0n) is 9.94. The summed E-state index contributed by atoms with van der Waals surface area (Å²) >= 11 is 3.55. The second-order valence-electron chi connectivity index (χ2n) is 4.61. The summed E-state index contributed by atoms with van der Waals surface area (Å²) in [6, 6.07) is 10.5. The third kappa shape index (κ3) is 2.15. The predicted molar refractivity (Wildman–Crippen MR) is 76.5 cm³/mol. The van der Waals surface area contributed by atoms with Gasteiger partial charge in [-0.2, -0.15) is 5.10 Å². The van der Waals surface area contributed by atoms with E-state index in [4.69, 9.17) is 5.73 Å². The minimum absolute atomic E-state index is 0.272. The lowest BCUT2D eigenvalue weighted by atomic mass is 10.1. The van der Waals surface area contributed by atoms with E-state index in [1.807, 2.05) is 18.2 Å². The lowest BCUT2D eigenvalue weighted by Crippen LogP contribution is -2.26. The van der Waals surface area contributed by atoms with E-state index in [2.05, 4.69) is 43.2 Å². The van der Waals surface area contributed by atoms with Crippen LogP contribution in [0.3, 0.4) is 0 Å². The molecule has 18 heavy (non-hydrogen) atoms. The Morgan fingerprint density at radius 3 is 2.94 bits per heavy atom. The second-order valence-corrected chi connectivity index (χ2v) is 5.47. The Balaban J connectivity index is 1.88. The first-order valence-corrected chi connectivity index (χ1v) is 6.84. The molecular formula is C13H15BrN4. The van der Waals surface area contributed by atoms with Crippen molar-refractivity contribution >= 4 is 21.7 Å². The first-order valence-electron chi connectivity index (χ1n) is 6.05. The van der Waals surface area contributed by atoms with E-state index in [9.17, 15) is 0 Å². The molecule has 3 N–H and O–H groups in total. The van der Waals surface area contributed by atoms with Crippen LogP contribution in [0, 0.1) is 0 Å². The number of halogens is 1.